The lowest BCUT2D eigenvalue weighted by Crippen LogP contribution is -2.31. The summed E-state index contributed by atoms with van der Waals surface area (Å²) < 4.78 is 0. The molecule has 0 saturated heterocycles. The molecule has 0 saturated carbocycles. The summed E-state index contributed by atoms with van der Waals surface area (Å²) in [6.45, 7) is 8.30. The highest BCUT2D eigenvalue weighted by Gasteiger charge is 2.10. The van der Waals surface area contributed by atoms with Crippen molar-refractivity contribution in [2.75, 3.05) is 11.4 Å². The van der Waals surface area contributed by atoms with Crippen LogP contribution in [0.25, 0.3) is 0 Å². The summed E-state index contributed by atoms with van der Waals surface area (Å²) in [5, 5.41) is 0. The van der Waals surface area contributed by atoms with E-state index in [1.54, 1.807) is 0 Å². The number of hydrogen-bond donors (Lipinski definition) is 1. The zero-order valence-electron chi connectivity index (χ0n) is 11.3. The minimum atomic E-state index is 0.511. The molecule has 0 amide bonds. The van der Waals surface area contributed by atoms with Gasteiger partial charge in [-0.25, -0.2) is 0 Å². The first kappa shape index (κ1) is 14.0. The standard InChI is InChI=1S/C14H25N3/c1-4-5-6-9-17(12(2)3)14-8-7-13(10-15)16-11-14/h7-8,11-12H,4-6,9-10,15H2,1-3H3. The second kappa shape index (κ2) is 7.28. The molecule has 17 heavy (non-hydrogen) atoms. The van der Waals surface area contributed by atoms with E-state index in [-0.39, 0.29) is 0 Å². The lowest BCUT2D eigenvalue weighted by Gasteiger charge is -2.28. The van der Waals surface area contributed by atoms with Gasteiger partial charge in [-0.3, -0.25) is 4.98 Å². The van der Waals surface area contributed by atoms with Crippen molar-refractivity contribution in [3.63, 3.8) is 0 Å². The molecule has 0 atom stereocenters. The molecule has 0 aromatic carbocycles. The molecule has 96 valence electrons. The van der Waals surface area contributed by atoms with Gasteiger partial charge in [0.05, 0.1) is 17.6 Å². The number of nitrogens with two attached hydrogens (primary N) is 1. The van der Waals surface area contributed by atoms with Crippen molar-refractivity contribution >= 4 is 5.69 Å². The third-order valence-corrected chi connectivity index (χ3v) is 2.98. The Labute approximate surface area is 105 Å². The van der Waals surface area contributed by atoms with E-state index in [1.165, 1.54) is 24.9 Å². The Morgan fingerprint density at radius 3 is 2.53 bits per heavy atom. The first-order valence-corrected chi connectivity index (χ1v) is 6.60. The number of unbranched alkanes of at least 4 members (excludes halogenated alkanes) is 2. The van der Waals surface area contributed by atoms with Gasteiger partial charge in [0, 0.05) is 19.1 Å². The van der Waals surface area contributed by atoms with Crippen molar-refractivity contribution in [3.05, 3.63) is 24.0 Å². The van der Waals surface area contributed by atoms with E-state index in [0.29, 0.717) is 12.6 Å². The highest BCUT2D eigenvalue weighted by Crippen LogP contribution is 2.17. The van der Waals surface area contributed by atoms with Crippen molar-refractivity contribution in [3.8, 4) is 0 Å². The summed E-state index contributed by atoms with van der Waals surface area (Å²) in [6, 6.07) is 4.66. The second-order valence-corrected chi connectivity index (χ2v) is 4.71. The predicted octanol–water partition coefficient (Wildman–Crippen LogP) is 2.95. The van der Waals surface area contributed by atoms with Gasteiger partial charge in [0.2, 0.25) is 0 Å². The Hall–Kier alpha value is -1.09. The van der Waals surface area contributed by atoms with Crippen LogP contribution in [0.4, 0.5) is 5.69 Å². The fourth-order valence-electron chi connectivity index (χ4n) is 1.92. The van der Waals surface area contributed by atoms with Gasteiger partial charge in [-0.1, -0.05) is 19.8 Å². The van der Waals surface area contributed by atoms with Crippen molar-refractivity contribution in [2.45, 2.75) is 52.6 Å². The summed E-state index contributed by atoms with van der Waals surface area (Å²) in [5.74, 6) is 0. The molecule has 3 nitrogen and oxygen atoms in total. The molecule has 1 heterocycles. The van der Waals surface area contributed by atoms with Crippen LogP contribution in [-0.2, 0) is 6.54 Å². The highest BCUT2D eigenvalue weighted by molar-refractivity contribution is 5.45. The Balaban J connectivity index is 2.68. The molecule has 3 heteroatoms. The topological polar surface area (TPSA) is 42.1 Å². The van der Waals surface area contributed by atoms with Crippen molar-refractivity contribution in [1.82, 2.24) is 4.98 Å². The average molecular weight is 235 g/mol. The molecule has 0 unspecified atom stereocenters. The number of hydrogen-bond acceptors (Lipinski definition) is 3. The Kier molecular flexibility index (Phi) is 5.98. The molecule has 0 spiro atoms. The summed E-state index contributed by atoms with van der Waals surface area (Å²) in [7, 11) is 0. The van der Waals surface area contributed by atoms with Gasteiger partial charge in [-0.05, 0) is 32.4 Å². The molecule has 1 aromatic rings. The number of nitrogens with zero attached hydrogens (tertiary/aromatic N) is 2. The van der Waals surface area contributed by atoms with E-state index in [2.05, 4.69) is 36.7 Å². The molecular formula is C14H25N3. The maximum atomic E-state index is 5.56. The van der Waals surface area contributed by atoms with E-state index in [9.17, 15) is 0 Å². The zero-order chi connectivity index (χ0) is 12.7. The van der Waals surface area contributed by atoms with Gasteiger partial charge >= 0.3 is 0 Å². The summed E-state index contributed by atoms with van der Waals surface area (Å²) in [6.07, 6.45) is 5.73. The Morgan fingerprint density at radius 1 is 1.29 bits per heavy atom. The highest BCUT2D eigenvalue weighted by atomic mass is 15.2. The predicted molar refractivity (Wildman–Crippen MR) is 74.1 cm³/mol. The van der Waals surface area contributed by atoms with E-state index in [4.69, 9.17) is 5.73 Å². The van der Waals surface area contributed by atoms with E-state index < -0.39 is 0 Å². The first-order chi connectivity index (χ1) is 8.19. The molecule has 0 radical (unpaired) electrons. The van der Waals surface area contributed by atoms with Crippen molar-refractivity contribution in [1.29, 1.82) is 0 Å². The number of anilines is 1. The summed E-state index contributed by atoms with van der Waals surface area (Å²) in [4.78, 5) is 6.77. The van der Waals surface area contributed by atoms with E-state index in [1.807, 2.05) is 12.3 Å². The summed E-state index contributed by atoms with van der Waals surface area (Å²) in [5.41, 5.74) is 7.71. The van der Waals surface area contributed by atoms with Gasteiger partial charge in [0.25, 0.3) is 0 Å². The molecule has 0 aliphatic heterocycles. The average Bonchev–Trinajstić information content (AvgIpc) is 2.34. The number of aromatic nitrogens is 1. The molecular weight excluding hydrogens is 210 g/mol. The zero-order valence-corrected chi connectivity index (χ0v) is 11.3. The van der Waals surface area contributed by atoms with Crippen LogP contribution in [0.1, 0.15) is 45.7 Å². The lowest BCUT2D eigenvalue weighted by atomic mass is 10.2. The van der Waals surface area contributed by atoms with Crippen LogP contribution in [0.5, 0.6) is 0 Å². The smallest absolute Gasteiger partial charge is 0.0555 e. The molecule has 0 aliphatic carbocycles. The minimum Gasteiger partial charge on any atom is -0.368 e. The largest absolute Gasteiger partial charge is 0.368 e. The summed E-state index contributed by atoms with van der Waals surface area (Å²) >= 11 is 0. The maximum absolute atomic E-state index is 5.56. The van der Waals surface area contributed by atoms with E-state index in [0.717, 1.165) is 12.2 Å². The lowest BCUT2D eigenvalue weighted by molar-refractivity contribution is 0.625. The van der Waals surface area contributed by atoms with Crippen LogP contribution in [0, 0.1) is 0 Å². The molecule has 1 aromatic heterocycles. The first-order valence-electron chi connectivity index (χ1n) is 6.60. The molecule has 0 aliphatic rings. The molecule has 0 fully saturated rings. The Bertz CT molecular complexity index is 306. The fraction of sp³-hybridized carbons (Fsp3) is 0.643. The van der Waals surface area contributed by atoms with Gasteiger partial charge in [0.15, 0.2) is 0 Å². The van der Waals surface area contributed by atoms with Gasteiger partial charge in [-0.2, -0.15) is 0 Å². The normalized spacial score (nSPS) is 10.9. The Morgan fingerprint density at radius 2 is 2.06 bits per heavy atom. The molecule has 0 bridgehead atoms. The van der Waals surface area contributed by atoms with Crippen LogP contribution < -0.4 is 10.6 Å². The molecule has 1 rings (SSSR count). The number of rotatable bonds is 7. The third-order valence-electron chi connectivity index (χ3n) is 2.98. The fourth-order valence-corrected chi connectivity index (χ4v) is 1.92. The monoisotopic (exact) mass is 235 g/mol. The van der Waals surface area contributed by atoms with Gasteiger partial charge < -0.3 is 10.6 Å². The second-order valence-electron chi connectivity index (χ2n) is 4.71. The quantitative estimate of drug-likeness (QED) is 0.739. The van der Waals surface area contributed by atoms with Gasteiger partial charge in [-0.15, -0.1) is 0 Å². The van der Waals surface area contributed by atoms with Crippen LogP contribution in [0.3, 0.4) is 0 Å². The van der Waals surface area contributed by atoms with Crippen molar-refractivity contribution in [2.24, 2.45) is 5.73 Å². The van der Waals surface area contributed by atoms with Crippen LogP contribution in [-0.4, -0.2) is 17.6 Å². The van der Waals surface area contributed by atoms with Crippen LogP contribution in [0.2, 0.25) is 0 Å². The van der Waals surface area contributed by atoms with Crippen LogP contribution >= 0.6 is 0 Å². The van der Waals surface area contributed by atoms with Crippen LogP contribution in [0.15, 0.2) is 18.3 Å². The maximum Gasteiger partial charge on any atom is 0.0555 e. The number of pyridine rings is 1. The van der Waals surface area contributed by atoms with Crippen molar-refractivity contribution < 1.29 is 0 Å². The molecule has 2 N–H and O–H groups in total. The van der Waals surface area contributed by atoms with Gasteiger partial charge in [0.1, 0.15) is 0 Å². The SMILES string of the molecule is CCCCCN(c1ccc(CN)nc1)C(C)C. The minimum absolute atomic E-state index is 0.511. The third kappa shape index (κ3) is 4.35. The van der Waals surface area contributed by atoms with E-state index >= 15 is 0 Å².